The molecular formula is C18H17NO3S. The molecule has 1 heterocycles. The van der Waals surface area contributed by atoms with Crippen LogP contribution in [-0.4, -0.2) is 15.0 Å². The van der Waals surface area contributed by atoms with E-state index >= 15 is 0 Å². The number of hydrogen-bond donors (Lipinski definition) is 3. The van der Waals surface area contributed by atoms with Crippen LogP contribution in [0.2, 0.25) is 0 Å². The molecule has 0 aromatic heterocycles. The molecule has 3 rings (SSSR count). The van der Waals surface area contributed by atoms with Crippen LogP contribution < -0.4 is 5.32 Å². The van der Waals surface area contributed by atoms with Gasteiger partial charge in [-0.25, -0.2) is 0 Å². The molecule has 3 N–H and O–H groups in total. The number of carbonyl (C=O) groups is 1. The Kier molecular flexibility index (Phi) is 3.85. The van der Waals surface area contributed by atoms with Crippen LogP contribution in [0.5, 0.6) is 0 Å². The van der Waals surface area contributed by atoms with E-state index in [1.807, 2.05) is 31.2 Å². The van der Waals surface area contributed by atoms with Crippen LogP contribution in [0.1, 0.15) is 16.7 Å². The quantitative estimate of drug-likeness (QED) is 0.713. The van der Waals surface area contributed by atoms with Gasteiger partial charge in [0.15, 0.2) is 0 Å². The van der Waals surface area contributed by atoms with Crippen LogP contribution in [0.3, 0.4) is 0 Å². The predicted octanol–water partition coefficient (Wildman–Crippen LogP) is 4.74. The smallest absolute Gasteiger partial charge is 0.255 e. The Morgan fingerprint density at radius 2 is 1.83 bits per heavy atom. The van der Waals surface area contributed by atoms with E-state index in [1.165, 1.54) is 5.41 Å². The Balaban J connectivity index is 1.79. The number of nitrogens with one attached hydrogen (secondary N) is 1. The summed E-state index contributed by atoms with van der Waals surface area (Å²) in [5.41, 5.74) is 3.47. The molecule has 0 aliphatic carbocycles. The lowest BCUT2D eigenvalue weighted by atomic mass is 10.1. The third-order valence-corrected chi connectivity index (χ3v) is 5.22. The van der Waals surface area contributed by atoms with Gasteiger partial charge in [-0.05, 0) is 36.3 Å². The van der Waals surface area contributed by atoms with Crippen molar-refractivity contribution in [2.45, 2.75) is 11.8 Å². The summed E-state index contributed by atoms with van der Waals surface area (Å²) in [4.78, 5) is 12.7. The summed E-state index contributed by atoms with van der Waals surface area (Å²) in [7, 11) is -2.90. The fourth-order valence-electron chi connectivity index (χ4n) is 2.34. The molecule has 5 heteroatoms. The Morgan fingerprint density at radius 3 is 2.52 bits per heavy atom. The number of benzene rings is 2. The number of anilines is 1. The normalized spacial score (nSPS) is 15.8. The van der Waals surface area contributed by atoms with E-state index in [2.05, 4.69) is 11.9 Å². The van der Waals surface area contributed by atoms with Crippen LogP contribution in [0.4, 0.5) is 5.69 Å². The lowest BCUT2D eigenvalue weighted by Gasteiger charge is -2.25. The Bertz CT molecular complexity index is 823. The lowest BCUT2D eigenvalue weighted by molar-refractivity contribution is -0.111. The minimum atomic E-state index is -2.90. The molecule has 118 valence electrons. The molecular weight excluding hydrogens is 310 g/mol. The Hall–Kier alpha value is -2.34. The van der Waals surface area contributed by atoms with Crippen LogP contribution >= 0.6 is 10.6 Å². The summed E-state index contributed by atoms with van der Waals surface area (Å²) < 4.78 is 19.9. The average Bonchev–Trinajstić information content (AvgIpc) is 2.82. The third kappa shape index (κ3) is 3.07. The second-order valence-corrected chi connectivity index (χ2v) is 7.34. The molecule has 1 aliphatic rings. The first-order chi connectivity index (χ1) is 10.9. The average molecular weight is 327 g/mol. The molecule has 0 saturated heterocycles. The molecule has 0 bridgehead atoms. The number of carbonyl (C=O) groups excluding carboxylic acids is 1. The largest absolute Gasteiger partial charge is 0.322 e. The SMILES string of the molecule is C=C(C(=O)Nc1ccc2c(c1)S(O)(O)C=C2)c1ccc(C)cc1. The highest BCUT2D eigenvalue weighted by Crippen LogP contribution is 2.56. The molecule has 1 aliphatic heterocycles. The lowest BCUT2D eigenvalue weighted by Crippen LogP contribution is -2.13. The summed E-state index contributed by atoms with van der Waals surface area (Å²) in [5, 5.41) is 4.13. The van der Waals surface area contributed by atoms with Crippen molar-refractivity contribution in [1.82, 2.24) is 0 Å². The van der Waals surface area contributed by atoms with Crippen molar-refractivity contribution >= 4 is 33.8 Å². The Labute approximate surface area is 136 Å². The van der Waals surface area contributed by atoms with E-state index in [0.717, 1.165) is 16.7 Å². The van der Waals surface area contributed by atoms with Gasteiger partial charge in [-0.15, -0.1) is 10.6 Å². The number of fused-ring (bicyclic) bond motifs is 1. The van der Waals surface area contributed by atoms with Gasteiger partial charge in [0.05, 0.1) is 4.90 Å². The highest BCUT2D eigenvalue weighted by molar-refractivity contribution is 8.27. The van der Waals surface area contributed by atoms with Crippen molar-refractivity contribution < 1.29 is 13.9 Å². The number of rotatable bonds is 3. The second-order valence-electron chi connectivity index (χ2n) is 5.45. The van der Waals surface area contributed by atoms with Crippen LogP contribution in [0.25, 0.3) is 11.6 Å². The van der Waals surface area contributed by atoms with Crippen molar-refractivity contribution in [2.24, 2.45) is 0 Å². The van der Waals surface area contributed by atoms with Gasteiger partial charge in [-0.3, -0.25) is 13.9 Å². The van der Waals surface area contributed by atoms with Crippen molar-refractivity contribution in [1.29, 1.82) is 0 Å². The van der Waals surface area contributed by atoms with Crippen molar-refractivity contribution in [3.8, 4) is 0 Å². The van der Waals surface area contributed by atoms with Gasteiger partial charge in [-0.2, -0.15) is 0 Å². The first-order valence-corrected chi connectivity index (χ1v) is 8.65. The van der Waals surface area contributed by atoms with E-state index in [4.69, 9.17) is 0 Å². The van der Waals surface area contributed by atoms with E-state index in [0.29, 0.717) is 16.2 Å². The molecule has 0 fully saturated rings. The van der Waals surface area contributed by atoms with Gasteiger partial charge in [0.2, 0.25) is 0 Å². The van der Waals surface area contributed by atoms with Gasteiger partial charge < -0.3 is 5.32 Å². The summed E-state index contributed by atoms with van der Waals surface area (Å²) in [6, 6.07) is 12.6. The molecule has 0 saturated carbocycles. The first kappa shape index (κ1) is 15.6. The highest BCUT2D eigenvalue weighted by Gasteiger charge is 2.22. The van der Waals surface area contributed by atoms with Crippen LogP contribution in [0.15, 0.2) is 59.3 Å². The summed E-state index contributed by atoms with van der Waals surface area (Å²) in [6.45, 7) is 5.81. The van der Waals surface area contributed by atoms with Crippen molar-refractivity contribution in [2.75, 3.05) is 5.32 Å². The maximum atomic E-state index is 12.3. The molecule has 0 unspecified atom stereocenters. The predicted molar refractivity (Wildman–Crippen MR) is 95.4 cm³/mol. The van der Waals surface area contributed by atoms with Gasteiger partial charge in [-0.1, -0.05) is 42.5 Å². The second kappa shape index (κ2) is 5.70. The fourth-order valence-corrected chi connectivity index (χ4v) is 3.61. The van der Waals surface area contributed by atoms with Gasteiger partial charge in [0, 0.05) is 16.7 Å². The molecule has 2 aromatic carbocycles. The van der Waals surface area contributed by atoms with Crippen molar-refractivity contribution in [3.63, 3.8) is 0 Å². The number of amides is 1. The van der Waals surface area contributed by atoms with E-state index in [-0.39, 0.29) is 5.91 Å². The minimum absolute atomic E-state index is 0.323. The Morgan fingerprint density at radius 1 is 1.13 bits per heavy atom. The minimum Gasteiger partial charge on any atom is -0.322 e. The molecule has 23 heavy (non-hydrogen) atoms. The zero-order valence-corrected chi connectivity index (χ0v) is 13.4. The highest BCUT2D eigenvalue weighted by atomic mass is 32.3. The summed E-state index contributed by atoms with van der Waals surface area (Å²) in [5.74, 6) is -0.323. The monoisotopic (exact) mass is 327 g/mol. The van der Waals surface area contributed by atoms with Gasteiger partial charge in [0.1, 0.15) is 0 Å². The van der Waals surface area contributed by atoms with Gasteiger partial charge >= 0.3 is 0 Å². The molecule has 1 amide bonds. The number of aryl methyl sites for hydroxylation is 1. The number of hydrogen-bond acceptors (Lipinski definition) is 3. The summed E-state index contributed by atoms with van der Waals surface area (Å²) >= 11 is 0. The van der Waals surface area contributed by atoms with E-state index in [1.54, 1.807) is 24.3 Å². The molecule has 2 aromatic rings. The summed E-state index contributed by atoms with van der Waals surface area (Å²) in [6.07, 6.45) is 1.67. The van der Waals surface area contributed by atoms with Gasteiger partial charge in [0.25, 0.3) is 5.91 Å². The molecule has 0 spiro atoms. The first-order valence-electron chi connectivity index (χ1n) is 7.04. The maximum absolute atomic E-state index is 12.3. The van der Waals surface area contributed by atoms with E-state index in [9.17, 15) is 13.9 Å². The van der Waals surface area contributed by atoms with Crippen molar-refractivity contribution in [3.05, 3.63) is 71.1 Å². The molecule has 0 radical (unpaired) electrons. The fraction of sp³-hybridized carbons (Fsp3) is 0.0556. The molecule has 4 nitrogen and oxygen atoms in total. The van der Waals surface area contributed by atoms with E-state index < -0.39 is 10.6 Å². The third-order valence-electron chi connectivity index (χ3n) is 3.71. The molecule has 0 atom stereocenters. The van der Waals surface area contributed by atoms with Crippen LogP contribution in [0, 0.1) is 6.92 Å². The zero-order chi connectivity index (χ0) is 16.6. The topological polar surface area (TPSA) is 69.6 Å². The zero-order valence-electron chi connectivity index (χ0n) is 12.6. The maximum Gasteiger partial charge on any atom is 0.255 e. The standard InChI is InChI=1S/C18H17NO3S/c1-12-3-5-14(6-4-12)13(2)18(20)19-16-8-7-15-9-10-23(21,22)17(15)11-16/h3-11,21-22H,2H2,1H3,(H,19,20). The van der Waals surface area contributed by atoms with Crippen LogP contribution in [-0.2, 0) is 4.79 Å².